The Kier molecular flexibility index (Phi) is 3.62. The highest BCUT2D eigenvalue weighted by atomic mass is 19.1. The first-order valence-electron chi connectivity index (χ1n) is 8.25. The van der Waals surface area contributed by atoms with Crippen LogP contribution < -0.4 is 0 Å². The Balaban J connectivity index is 1.77. The van der Waals surface area contributed by atoms with Crippen LogP contribution in [0.1, 0.15) is 29.2 Å². The lowest BCUT2D eigenvalue weighted by Crippen LogP contribution is -1.92. The molecule has 0 atom stereocenters. The minimum Gasteiger partial charge on any atom is -0.205 e. The second-order valence-electron chi connectivity index (χ2n) is 6.32. The summed E-state index contributed by atoms with van der Waals surface area (Å²) in [7, 11) is 0. The summed E-state index contributed by atoms with van der Waals surface area (Å²) in [4.78, 5) is 0. The summed E-state index contributed by atoms with van der Waals surface area (Å²) >= 11 is 0. The van der Waals surface area contributed by atoms with Crippen molar-refractivity contribution in [2.45, 2.75) is 19.8 Å². The summed E-state index contributed by atoms with van der Waals surface area (Å²) in [6.45, 7) is 2.13. The van der Waals surface area contributed by atoms with Gasteiger partial charge in [-0.2, -0.15) is 5.26 Å². The molecule has 0 unspecified atom stereocenters. The van der Waals surface area contributed by atoms with E-state index >= 15 is 0 Å². The van der Waals surface area contributed by atoms with Crippen molar-refractivity contribution in [3.8, 4) is 28.3 Å². The summed E-state index contributed by atoms with van der Waals surface area (Å²) in [5.41, 5.74) is 6.83. The minimum atomic E-state index is -0.825. The fourth-order valence-corrected chi connectivity index (χ4v) is 3.51. The maximum atomic E-state index is 13.9. The van der Waals surface area contributed by atoms with Crippen molar-refractivity contribution in [1.29, 1.82) is 5.26 Å². The molecule has 1 aliphatic carbocycles. The van der Waals surface area contributed by atoms with E-state index in [4.69, 9.17) is 5.26 Å². The van der Waals surface area contributed by atoms with Crippen LogP contribution in [-0.2, 0) is 12.8 Å². The Labute approximate surface area is 145 Å². The Morgan fingerprint density at radius 2 is 1.52 bits per heavy atom. The van der Waals surface area contributed by atoms with Gasteiger partial charge in [0, 0.05) is 0 Å². The summed E-state index contributed by atoms with van der Waals surface area (Å²) in [5, 5.41) is 8.80. The number of rotatable bonds is 2. The molecule has 4 rings (SSSR count). The van der Waals surface area contributed by atoms with E-state index in [0.717, 1.165) is 24.0 Å². The largest absolute Gasteiger partial charge is 0.205 e. The maximum absolute atomic E-state index is 13.9. The monoisotopic (exact) mass is 331 g/mol. The second kappa shape index (κ2) is 5.82. The van der Waals surface area contributed by atoms with Crippen LogP contribution in [0.4, 0.5) is 8.78 Å². The first-order chi connectivity index (χ1) is 12.1. The fraction of sp³-hybridized carbons (Fsp3) is 0.136. The minimum absolute atomic E-state index is 0.446. The average molecular weight is 331 g/mol. The highest BCUT2D eigenvalue weighted by Gasteiger charge is 2.20. The zero-order valence-electron chi connectivity index (χ0n) is 13.7. The van der Waals surface area contributed by atoms with Crippen LogP contribution in [0, 0.1) is 23.0 Å². The lowest BCUT2D eigenvalue weighted by Gasteiger charge is -2.07. The van der Waals surface area contributed by atoms with Crippen LogP contribution in [0.3, 0.4) is 0 Å². The third-order valence-electron chi connectivity index (χ3n) is 4.84. The van der Waals surface area contributed by atoms with E-state index in [1.165, 1.54) is 34.4 Å². The number of fused-ring (bicyclic) bond motifs is 3. The number of nitrogens with zero attached hydrogens (tertiary/aromatic N) is 1. The molecule has 0 aliphatic heterocycles. The van der Waals surface area contributed by atoms with Gasteiger partial charge >= 0.3 is 0 Å². The lowest BCUT2D eigenvalue weighted by molar-refractivity contribution is 0.577. The first-order valence-corrected chi connectivity index (χ1v) is 8.25. The summed E-state index contributed by atoms with van der Waals surface area (Å²) in [6, 6.07) is 16.4. The smallest absolute Gasteiger partial charge is 0.144 e. The predicted molar refractivity (Wildman–Crippen MR) is 94.1 cm³/mol. The second-order valence-corrected chi connectivity index (χ2v) is 6.32. The van der Waals surface area contributed by atoms with Crippen LogP contribution >= 0.6 is 0 Å². The molecule has 122 valence electrons. The number of benzene rings is 3. The summed E-state index contributed by atoms with van der Waals surface area (Å²) in [5.74, 6) is -1.65. The normalized spacial score (nSPS) is 11.8. The van der Waals surface area contributed by atoms with E-state index in [1.807, 2.05) is 18.2 Å². The number of nitriles is 1. The lowest BCUT2D eigenvalue weighted by atomic mass is 9.98. The van der Waals surface area contributed by atoms with Crippen molar-refractivity contribution in [3.05, 3.63) is 82.4 Å². The van der Waals surface area contributed by atoms with Gasteiger partial charge in [-0.1, -0.05) is 43.3 Å². The highest BCUT2D eigenvalue weighted by molar-refractivity contribution is 5.80. The number of halogens is 2. The van der Waals surface area contributed by atoms with Crippen molar-refractivity contribution in [1.82, 2.24) is 0 Å². The van der Waals surface area contributed by atoms with Crippen molar-refractivity contribution in [3.63, 3.8) is 0 Å². The zero-order chi connectivity index (χ0) is 17.6. The van der Waals surface area contributed by atoms with Gasteiger partial charge in [0.15, 0.2) is 0 Å². The molecular formula is C22H15F2N. The maximum Gasteiger partial charge on any atom is 0.144 e. The van der Waals surface area contributed by atoms with Crippen LogP contribution in [0.25, 0.3) is 22.3 Å². The van der Waals surface area contributed by atoms with Crippen LogP contribution in [0.5, 0.6) is 0 Å². The molecule has 3 aromatic rings. The average Bonchev–Trinajstić information content (AvgIpc) is 2.97. The van der Waals surface area contributed by atoms with Gasteiger partial charge in [-0.25, -0.2) is 8.78 Å². The molecule has 3 aromatic carbocycles. The van der Waals surface area contributed by atoms with E-state index in [0.29, 0.717) is 5.56 Å². The van der Waals surface area contributed by atoms with Crippen LogP contribution in [0.2, 0.25) is 0 Å². The third kappa shape index (κ3) is 2.51. The van der Waals surface area contributed by atoms with E-state index in [1.54, 1.807) is 6.07 Å². The SMILES string of the molecule is CCc1ccc2c(c1)Cc1cc(-c3cc(F)c(C#N)c(F)c3)ccc1-2. The van der Waals surface area contributed by atoms with Gasteiger partial charge in [0.05, 0.1) is 0 Å². The number of hydrogen-bond acceptors (Lipinski definition) is 1. The molecule has 0 radical (unpaired) electrons. The predicted octanol–water partition coefficient (Wildman–Crippen LogP) is 5.64. The molecule has 0 saturated carbocycles. The Morgan fingerprint density at radius 1 is 0.880 bits per heavy atom. The molecule has 0 amide bonds. The van der Waals surface area contributed by atoms with Gasteiger partial charge < -0.3 is 0 Å². The quantitative estimate of drug-likeness (QED) is 0.466. The molecule has 0 saturated heterocycles. The molecule has 0 fully saturated rings. The molecule has 1 nitrogen and oxygen atoms in total. The van der Waals surface area contributed by atoms with Gasteiger partial charge in [0.1, 0.15) is 23.3 Å². The van der Waals surface area contributed by atoms with Crippen molar-refractivity contribution < 1.29 is 8.78 Å². The Hall–Kier alpha value is -2.99. The molecule has 1 aliphatic rings. The van der Waals surface area contributed by atoms with E-state index in [9.17, 15) is 8.78 Å². The van der Waals surface area contributed by atoms with Crippen molar-refractivity contribution >= 4 is 0 Å². The molecule has 0 heterocycles. The number of hydrogen-bond donors (Lipinski definition) is 0. The van der Waals surface area contributed by atoms with E-state index in [-0.39, 0.29) is 0 Å². The van der Waals surface area contributed by atoms with Gasteiger partial charge in [0.2, 0.25) is 0 Å². The molecule has 0 bridgehead atoms. The van der Waals surface area contributed by atoms with Crippen LogP contribution in [0.15, 0.2) is 48.5 Å². The fourth-order valence-electron chi connectivity index (χ4n) is 3.51. The standard InChI is InChI=1S/C22H15F2N/c1-2-13-3-5-18-16(7-13)9-17-8-14(4-6-19(17)18)15-10-21(23)20(12-25)22(24)11-15/h3-8,10-11H,2,9H2,1H3. The van der Waals surface area contributed by atoms with Crippen molar-refractivity contribution in [2.75, 3.05) is 0 Å². The highest BCUT2D eigenvalue weighted by Crippen LogP contribution is 2.39. The number of aryl methyl sites for hydroxylation is 1. The van der Waals surface area contributed by atoms with E-state index in [2.05, 4.69) is 25.1 Å². The molecule has 0 aromatic heterocycles. The van der Waals surface area contributed by atoms with Gasteiger partial charge in [-0.15, -0.1) is 0 Å². The zero-order valence-corrected chi connectivity index (χ0v) is 13.7. The molecule has 3 heteroatoms. The molecular weight excluding hydrogens is 316 g/mol. The van der Waals surface area contributed by atoms with Crippen LogP contribution in [-0.4, -0.2) is 0 Å². The molecule has 0 N–H and O–H groups in total. The van der Waals surface area contributed by atoms with Gasteiger partial charge in [0.25, 0.3) is 0 Å². The summed E-state index contributed by atoms with van der Waals surface area (Å²) < 4.78 is 27.8. The van der Waals surface area contributed by atoms with E-state index < -0.39 is 17.2 Å². The van der Waals surface area contributed by atoms with Gasteiger partial charge in [-0.3, -0.25) is 0 Å². The Morgan fingerprint density at radius 3 is 2.16 bits per heavy atom. The molecule has 0 spiro atoms. The Bertz CT molecular complexity index is 1020. The first kappa shape index (κ1) is 15.5. The molecule has 25 heavy (non-hydrogen) atoms. The van der Waals surface area contributed by atoms with Gasteiger partial charge in [-0.05, 0) is 63.9 Å². The summed E-state index contributed by atoms with van der Waals surface area (Å²) in [6.07, 6.45) is 1.83. The third-order valence-corrected chi connectivity index (χ3v) is 4.84. The topological polar surface area (TPSA) is 23.8 Å². The van der Waals surface area contributed by atoms with Crippen molar-refractivity contribution in [2.24, 2.45) is 0 Å².